The quantitative estimate of drug-likeness (QED) is 0.764. The highest BCUT2D eigenvalue weighted by atomic mass is 16.4. The predicted octanol–water partition coefficient (Wildman–Crippen LogP) is 1.94. The zero-order valence-corrected chi connectivity index (χ0v) is 8.27. The van der Waals surface area contributed by atoms with E-state index in [1.54, 1.807) is 0 Å². The highest BCUT2D eigenvalue weighted by molar-refractivity contribution is 5.62. The van der Waals surface area contributed by atoms with Crippen LogP contribution in [0, 0.1) is 0 Å². The second-order valence-corrected chi connectivity index (χ2v) is 2.79. The highest BCUT2D eigenvalue weighted by Crippen LogP contribution is 2.06. The Bertz CT molecular complexity index is 228. The van der Waals surface area contributed by atoms with Gasteiger partial charge in [-0.25, -0.2) is 4.98 Å². The Morgan fingerprint density at radius 1 is 1.69 bits per heavy atom. The molecule has 0 aliphatic carbocycles. The summed E-state index contributed by atoms with van der Waals surface area (Å²) < 4.78 is 2.11. The number of aliphatic carboxylic acids is 1. The normalized spacial score (nSPS) is 11.3. The van der Waals surface area contributed by atoms with Crippen LogP contribution in [0.15, 0.2) is 18.7 Å². The van der Waals surface area contributed by atoms with E-state index in [-0.39, 0.29) is 0 Å². The fourth-order valence-corrected chi connectivity index (χ4v) is 0.741. The van der Waals surface area contributed by atoms with Crippen LogP contribution in [-0.2, 0) is 4.79 Å². The van der Waals surface area contributed by atoms with Gasteiger partial charge in [-0.1, -0.05) is 6.92 Å². The molecular formula is C9H16N2O2. The molecule has 1 aromatic rings. The fourth-order valence-electron chi connectivity index (χ4n) is 0.741. The van der Waals surface area contributed by atoms with Crippen LogP contribution in [0.25, 0.3) is 0 Å². The van der Waals surface area contributed by atoms with Gasteiger partial charge in [-0.3, -0.25) is 4.79 Å². The van der Waals surface area contributed by atoms with Gasteiger partial charge in [0.15, 0.2) is 0 Å². The van der Waals surface area contributed by atoms with Crippen molar-refractivity contribution in [3.05, 3.63) is 18.7 Å². The maximum Gasteiger partial charge on any atom is 0.300 e. The molecule has 0 saturated carbocycles. The summed E-state index contributed by atoms with van der Waals surface area (Å²) in [6.45, 7) is 5.44. The van der Waals surface area contributed by atoms with Crippen molar-refractivity contribution < 1.29 is 9.90 Å². The van der Waals surface area contributed by atoms with Gasteiger partial charge in [0.25, 0.3) is 5.97 Å². The van der Waals surface area contributed by atoms with E-state index >= 15 is 0 Å². The molecule has 1 N–H and O–H groups in total. The third-order valence-electron chi connectivity index (χ3n) is 1.62. The van der Waals surface area contributed by atoms with Crippen molar-refractivity contribution in [2.75, 3.05) is 0 Å². The molecule has 4 nitrogen and oxygen atoms in total. The summed E-state index contributed by atoms with van der Waals surface area (Å²) in [6, 6.07) is 0.590. The fraction of sp³-hybridized carbons (Fsp3) is 0.556. The van der Waals surface area contributed by atoms with Crippen molar-refractivity contribution in [2.24, 2.45) is 0 Å². The molecule has 0 aliphatic rings. The van der Waals surface area contributed by atoms with Crippen molar-refractivity contribution >= 4 is 5.97 Å². The van der Waals surface area contributed by atoms with Crippen molar-refractivity contribution in [1.29, 1.82) is 0 Å². The van der Waals surface area contributed by atoms with Crippen molar-refractivity contribution in [2.45, 2.75) is 33.2 Å². The first-order valence-corrected chi connectivity index (χ1v) is 4.24. The minimum atomic E-state index is -0.833. The van der Waals surface area contributed by atoms with Crippen LogP contribution in [0.5, 0.6) is 0 Å². The topological polar surface area (TPSA) is 55.1 Å². The molecule has 1 heterocycles. The second kappa shape index (κ2) is 6.22. The molecule has 0 bridgehead atoms. The zero-order chi connectivity index (χ0) is 10.3. The molecule has 1 unspecified atom stereocenters. The number of hydrogen-bond donors (Lipinski definition) is 1. The second-order valence-electron chi connectivity index (χ2n) is 2.79. The first kappa shape index (κ1) is 11.7. The summed E-state index contributed by atoms with van der Waals surface area (Å²) in [5.74, 6) is -0.833. The Hall–Kier alpha value is -1.32. The molecule has 0 radical (unpaired) electrons. The molecule has 0 aliphatic heterocycles. The molecule has 4 heteroatoms. The van der Waals surface area contributed by atoms with Crippen LogP contribution in [0.3, 0.4) is 0 Å². The van der Waals surface area contributed by atoms with Gasteiger partial charge in [-0.05, 0) is 13.3 Å². The average Bonchev–Trinajstić information content (AvgIpc) is 2.54. The summed E-state index contributed by atoms with van der Waals surface area (Å²) in [5, 5.41) is 7.42. The number of rotatable bonds is 2. The molecule has 13 heavy (non-hydrogen) atoms. The molecule has 0 fully saturated rings. The lowest BCUT2D eigenvalue weighted by atomic mass is 10.3. The summed E-state index contributed by atoms with van der Waals surface area (Å²) in [7, 11) is 0. The number of imidazole rings is 1. The molecule has 0 aromatic carbocycles. The van der Waals surface area contributed by atoms with Gasteiger partial charge in [0.05, 0.1) is 6.33 Å². The summed E-state index contributed by atoms with van der Waals surface area (Å²) in [6.07, 6.45) is 6.82. The van der Waals surface area contributed by atoms with E-state index in [9.17, 15) is 0 Å². The monoisotopic (exact) mass is 184 g/mol. The lowest BCUT2D eigenvalue weighted by molar-refractivity contribution is -0.134. The van der Waals surface area contributed by atoms with Crippen molar-refractivity contribution in [3.8, 4) is 0 Å². The minimum Gasteiger partial charge on any atom is -0.481 e. The van der Waals surface area contributed by atoms with Gasteiger partial charge in [0.1, 0.15) is 0 Å². The summed E-state index contributed by atoms with van der Waals surface area (Å²) in [5.41, 5.74) is 0. The number of carboxylic acids is 1. The van der Waals surface area contributed by atoms with E-state index in [0.717, 1.165) is 13.3 Å². The molecule has 1 rings (SSSR count). The average molecular weight is 184 g/mol. The van der Waals surface area contributed by atoms with Gasteiger partial charge in [0.2, 0.25) is 0 Å². The van der Waals surface area contributed by atoms with Crippen molar-refractivity contribution in [1.82, 2.24) is 9.55 Å². The Morgan fingerprint density at radius 2 is 2.23 bits per heavy atom. The summed E-state index contributed by atoms with van der Waals surface area (Å²) >= 11 is 0. The van der Waals surface area contributed by atoms with E-state index < -0.39 is 5.97 Å². The van der Waals surface area contributed by atoms with E-state index in [0.29, 0.717) is 6.04 Å². The van der Waals surface area contributed by atoms with E-state index in [2.05, 4.69) is 23.4 Å². The molecule has 74 valence electrons. The first-order valence-electron chi connectivity index (χ1n) is 4.24. The lowest BCUT2D eigenvalue weighted by Gasteiger charge is -2.07. The van der Waals surface area contributed by atoms with Gasteiger partial charge < -0.3 is 9.67 Å². The van der Waals surface area contributed by atoms with Gasteiger partial charge in [-0.2, -0.15) is 0 Å². The van der Waals surface area contributed by atoms with E-state index in [4.69, 9.17) is 9.90 Å². The van der Waals surface area contributed by atoms with Gasteiger partial charge >= 0.3 is 0 Å². The zero-order valence-electron chi connectivity index (χ0n) is 8.27. The van der Waals surface area contributed by atoms with Crippen LogP contribution >= 0.6 is 0 Å². The number of carboxylic acid groups (broad SMARTS) is 1. The molecule has 0 saturated heterocycles. The largest absolute Gasteiger partial charge is 0.481 e. The molecule has 0 spiro atoms. The molecule has 0 amide bonds. The maximum absolute atomic E-state index is 9.00. The SMILES string of the molecule is CC(=O)O.CCC(C)n1ccnc1. The van der Waals surface area contributed by atoms with Crippen LogP contribution in [0.1, 0.15) is 33.2 Å². The Kier molecular flexibility index (Phi) is 5.59. The standard InChI is InChI=1S/C7H12N2.C2H4O2/c1-3-7(2)9-5-4-8-6-9;1-2(3)4/h4-7H,3H2,1-2H3;1H3,(H,3,4). The van der Waals surface area contributed by atoms with Crippen LogP contribution in [0.2, 0.25) is 0 Å². The predicted molar refractivity (Wildman–Crippen MR) is 50.5 cm³/mol. The number of carbonyl (C=O) groups is 1. The molecule has 1 aromatic heterocycles. The first-order chi connectivity index (χ1) is 6.07. The maximum atomic E-state index is 9.00. The Morgan fingerprint density at radius 3 is 2.54 bits per heavy atom. The minimum absolute atomic E-state index is 0.590. The molecule has 1 atom stereocenters. The smallest absolute Gasteiger partial charge is 0.300 e. The third kappa shape index (κ3) is 5.90. The highest BCUT2D eigenvalue weighted by Gasteiger charge is 1.96. The van der Waals surface area contributed by atoms with E-state index in [1.165, 1.54) is 0 Å². The lowest BCUT2D eigenvalue weighted by Crippen LogP contribution is -1.99. The van der Waals surface area contributed by atoms with Crippen LogP contribution < -0.4 is 0 Å². The van der Waals surface area contributed by atoms with Gasteiger partial charge in [0, 0.05) is 25.4 Å². The van der Waals surface area contributed by atoms with Crippen molar-refractivity contribution in [3.63, 3.8) is 0 Å². The number of hydrogen-bond acceptors (Lipinski definition) is 2. The van der Waals surface area contributed by atoms with E-state index in [1.807, 2.05) is 18.7 Å². The number of nitrogens with zero attached hydrogens (tertiary/aromatic N) is 2. The Labute approximate surface area is 78.2 Å². The molecular weight excluding hydrogens is 168 g/mol. The Balaban J connectivity index is 0.000000310. The number of aromatic nitrogens is 2. The van der Waals surface area contributed by atoms with Crippen LogP contribution in [-0.4, -0.2) is 20.6 Å². The van der Waals surface area contributed by atoms with Crippen LogP contribution in [0.4, 0.5) is 0 Å². The summed E-state index contributed by atoms with van der Waals surface area (Å²) in [4.78, 5) is 13.0. The third-order valence-corrected chi connectivity index (χ3v) is 1.62. The van der Waals surface area contributed by atoms with Gasteiger partial charge in [-0.15, -0.1) is 0 Å².